The van der Waals surface area contributed by atoms with E-state index in [2.05, 4.69) is 22.6 Å². The van der Waals surface area contributed by atoms with Crippen molar-refractivity contribution in [3.05, 3.63) is 56.6 Å². The predicted octanol–water partition coefficient (Wildman–Crippen LogP) is 4.20. The fraction of sp³-hybridized carbons (Fsp3) is 0.0769. The van der Waals surface area contributed by atoms with Crippen LogP contribution >= 0.6 is 34.2 Å². The van der Waals surface area contributed by atoms with E-state index in [0.717, 1.165) is 20.6 Å². The van der Waals surface area contributed by atoms with Crippen molar-refractivity contribution in [2.75, 3.05) is 0 Å². The van der Waals surface area contributed by atoms with E-state index in [1.165, 1.54) is 0 Å². The van der Waals surface area contributed by atoms with Crippen LogP contribution in [0.1, 0.15) is 5.56 Å². The van der Waals surface area contributed by atoms with Crippen LogP contribution in [0.15, 0.2) is 42.5 Å². The predicted molar refractivity (Wildman–Crippen MR) is 78.6 cm³/mol. The molecule has 0 aliphatic heterocycles. The molecule has 0 bridgehead atoms. The van der Waals surface area contributed by atoms with Crippen molar-refractivity contribution < 1.29 is 4.74 Å². The monoisotopic (exact) mass is 359 g/mol. The summed E-state index contributed by atoms with van der Waals surface area (Å²) in [5, 5.41) is 0.667. The molecule has 0 spiro atoms. The molecule has 0 saturated heterocycles. The van der Waals surface area contributed by atoms with E-state index in [0.29, 0.717) is 11.6 Å². The van der Waals surface area contributed by atoms with Crippen molar-refractivity contribution in [1.82, 2.24) is 0 Å². The molecule has 2 rings (SSSR count). The fourth-order valence-corrected chi connectivity index (χ4v) is 2.17. The van der Waals surface area contributed by atoms with Gasteiger partial charge in [0.1, 0.15) is 11.5 Å². The van der Waals surface area contributed by atoms with Gasteiger partial charge < -0.3 is 10.5 Å². The van der Waals surface area contributed by atoms with E-state index < -0.39 is 0 Å². The minimum absolute atomic E-state index is 0.403. The minimum Gasteiger partial charge on any atom is -0.457 e. The van der Waals surface area contributed by atoms with Gasteiger partial charge in [-0.05, 0) is 59.0 Å². The lowest BCUT2D eigenvalue weighted by molar-refractivity contribution is 0.476. The maximum atomic E-state index is 5.91. The number of rotatable bonds is 3. The Balaban J connectivity index is 2.29. The third-order valence-corrected chi connectivity index (χ3v) is 3.17. The maximum Gasteiger partial charge on any atom is 0.132 e. The lowest BCUT2D eigenvalue weighted by Gasteiger charge is -2.10. The third-order valence-electron chi connectivity index (χ3n) is 2.27. The van der Waals surface area contributed by atoms with Gasteiger partial charge in [0.05, 0.1) is 0 Å². The van der Waals surface area contributed by atoms with Crippen molar-refractivity contribution in [2.45, 2.75) is 6.54 Å². The first kappa shape index (κ1) is 12.7. The average Bonchev–Trinajstić information content (AvgIpc) is 2.31. The molecule has 2 nitrogen and oxygen atoms in total. The molecule has 0 heterocycles. The Morgan fingerprint density at radius 2 is 2.00 bits per heavy atom. The number of hydrogen-bond acceptors (Lipinski definition) is 2. The van der Waals surface area contributed by atoms with Crippen LogP contribution in [0.25, 0.3) is 0 Å². The van der Waals surface area contributed by atoms with Crippen LogP contribution in [-0.2, 0) is 6.54 Å². The minimum atomic E-state index is 0.403. The van der Waals surface area contributed by atoms with Gasteiger partial charge in [0.15, 0.2) is 0 Å². The molecule has 88 valence electrons. The van der Waals surface area contributed by atoms with Gasteiger partial charge in [-0.3, -0.25) is 0 Å². The van der Waals surface area contributed by atoms with Gasteiger partial charge in [0.2, 0.25) is 0 Å². The SMILES string of the molecule is NCc1cc(Cl)ccc1Oc1cccc(I)c1. The molecule has 0 atom stereocenters. The molecule has 0 aliphatic carbocycles. The first-order valence-electron chi connectivity index (χ1n) is 5.11. The van der Waals surface area contributed by atoms with Gasteiger partial charge in [-0.2, -0.15) is 0 Å². The number of benzene rings is 2. The highest BCUT2D eigenvalue weighted by Gasteiger charge is 2.04. The van der Waals surface area contributed by atoms with Crippen molar-refractivity contribution in [3.63, 3.8) is 0 Å². The molecule has 2 aromatic rings. The lowest BCUT2D eigenvalue weighted by Crippen LogP contribution is -1.99. The quantitative estimate of drug-likeness (QED) is 0.834. The van der Waals surface area contributed by atoms with Crippen LogP contribution in [0.5, 0.6) is 11.5 Å². The van der Waals surface area contributed by atoms with Gasteiger partial charge in [-0.1, -0.05) is 17.7 Å². The Morgan fingerprint density at radius 3 is 2.71 bits per heavy atom. The van der Waals surface area contributed by atoms with Crippen LogP contribution in [0, 0.1) is 3.57 Å². The molecule has 2 aromatic carbocycles. The van der Waals surface area contributed by atoms with Gasteiger partial charge >= 0.3 is 0 Å². The molecule has 0 aromatic heterocycles. The summed E-state index contributed by atoms with van der Waals surface area (Å²) < 4.78 is 6.92. The van der Waals surface area contributed by atoms with E-state index in [1.807, 2.05) is 36.4 Å². The third kappa shape index (κ3) is 3.34. The molecular weight excluding hydrogens is 349 g/mol. The summed E-state index contributed by atoms with van der Waals surface area (Å²) in [4.78, 5) is 0. The summed E-state index contributed by atoms with van der Waals surface area (Å²) in [6.07, 6.45) is 0. The highest BCUT2D eigenvalue weighted by molar-refractivity contribution is 14.1. The van der Waals surface area contributed by atoms with E-state index in [9.17, 15) is 0 Å². The van der Waals surface area contributed by atoms with Crippen LogP contribution in [0.4, 0.5) is 0 Å². The molecule has 0 saturated carbocycles. The summed E-state index contributed by atoms with van der Waals surface area (Å²) in [7, 11) is 0. The van der Waals surface area contributed by atoms with Crippen LogP contribution in [0.2, 0.25) is 5.02 Å². The van der Waals surface area contributed by atoms with Crippen molar-refractivity contribution >= 4 is 34.2 Å². The topological polar surface area (TPSA) is 35.2 Å². The lowest BCUT2D eigenvalue weighted by atomic mass is 10.2. The first-order chi connectivity index (χ1) is 8.19. The highest BCUT2D eigenvalue weighted by atomic mass is 127. The Kier molecular flexibility index (Phi) is 4.25. The molecular formula is C13H11ClINO. The van der Waals surface area contributed by atoms with E-state index in [1.54, 1.807) is 6.07 Å². The number of nitrogens with two attached hydrogens (primary N) is 1. The molecule has 17 heavy (non-hydrogen) atoms. The van der Waals surface area contributed by atoms with Crippen molar-refractivity contribution in [2.24, 2.45) is 5.73 Å². The second-order valence-corrected chi connectivity index (χ2v) is 5.20. The van der Waals surface area contributed by atoms with Gasteiger partial charge in [0.25, 0.3) is 0 Å². The maximum absolute atomic E-state index is 5.91. The van der Waals surface area contributed by atoms with E-state index in [4.69, 9.17) is 22.1 Å². The van der Waals surface area contributed by atoms with Gasteiger partial charge in [0, 0.05) is 20.7 Å². The smallest absolute Gasteiger partial charge is 0.132 e. The molecule has 2 N–H and O–H groups in total. The molecule has 0 radical (unpaired) electrons. The second kappa shape index (κ2) is 5.71. The van der Waals surface area contributed by atoms with Crippen LogP contribution in [0.3, 0.4) is 0 Å². The summed E-state index contributed by atoms with van der Waals surface area (Å²) in [5.74, 6) is 1.55. The molecule has 4 heteroatoms. The Morgan fingerprint density at radius 1 is 1.18 bits per heavy atom. The molecule has 0 aliphatic rings. The van der Waals surface area contributed by atoms with Gasteiger partial charge in [-0.25, -0.2) is 0 Å². The summed E-state index contributed by atoms with van der Waals surface area (Å²) in [6.45, 7) is 0.403. The second-order valence-electron chi connectivity index (χ2n) is 3.52. The summed E-state index contributed by atoms with van der Waals surface area (Å²) >= 11 is 8.16. The summed E-state index contributed by atoms with van der Waals surface area (Å²) in [6, 6.07) is 13.3. The molecule has 0 amide bonds. The zero-order valence-electron chi connectivity index (χ0n) is 8.99. The Labute approximate surface area is 119 Å². The number of halogens is 2. The zero-order valence-corrected chi connectivity index (χ0v) is 11.9. The summed E-state index contributed by atoms with van der Waals surface area (Å²) in [5.41, 5.74) is 6.56. The van der Waals surface area contributed by atoms with Crippen LogP contribution < -0.4 is 10.5 Å². The fourth-order valence-electron chi connectivity index (χ4n) is 1.46. The molecule has 0 fully saturated rings. The van der Waals surface area contributed by atoms with E-state index >= 15 is 0 Å². The van der Waals surface area contributed by atoms with Crippen molar-refractivity contribution in [1.29, 1.82) is 0 Å². The Bertz CT molecular complexity index is 531. The average molecular weight is 360 g/mol. The Hall–Kier alpha value is -0.780. The number of ether oxygens (including phenoxy) is 1. The number of hydrogen-bond donors (Lipinski definition) is 1. The standard InChI is InChI=1S/C13H11ClINO/c14-10-4-5-13(9(6-10)8-16)17-12-3-1-2-11(15)7-12/h1-7H,8,16H2. The van der Waals surface area contributed by atoms with E-state index in [-0.39, 0.29) is 0 Å². The normalized spacial score (nSPS) is 10.3. The van der Waals surface area contributed by atoms with Crippen LogP contribution in [-0.4, -0.2) is 0 Å². The highest BCUT2D eigenvalue weighted by Crippen LogP contribution is 2.28. The largest absolute Gasteiger partial charge is 0.457 e. The van der Waals surface area contributed by atoms with Crippen molar-refractivity contribution in [3.8, 4) is 11.5 Å². The van der Waals surface area contributed by atoms with Gasteiger partial charge in [-0.15, -0.1) is 0 Å². The molecule has 0 unspecified atom stereocenters. The first-order valence-corrected chi connectivity index (χ1v) is 6.56. The zero-order chi connectivity index (χ0) is 12.3.